The van der Waals surface area contributed by atoms with E-state index in [1.165, 1.54) is 25.1 Å². The quantitative estimate of drug-likeness (QED) is 0.630. The van der Waals surface area contributed by atoms with Crippen molar-refractivity contribution in [3.05, 3.63) is 29.8 Å². The van der Waals surface area contributed by atoms with E-state index in [1.54, 1.807) is 6.07 Å². The molecule has 1 aromatic carbocycles. The summed E-state index contributed by atoms with van der Waals surface area (Å²) in [6.07, 6.45) is 0. The van der Waals surface area contributed by atoms with Gasteiger partial charge in [0.1, 0.15) is 4.99 Å². The van der Waals surface area contributed by atoms with E-state index in [0.29, 0.717) is 5.56 Å². The Morgan fingerprint density at radius 1 is 1.39 bits per heavy atom. The number of carbonyl (C=O) groups is 1. The zero-order valence-corrected chi connectivity index (χ0v) is 11.2. The third kappa shape index (κ3) is 3.49. The van der Waals surface area contributed by atoms with E-state index in [2.05, 4.69) is 4.72 Å². The third-order valence-electron chi connectivity index (χ3n) is 2.19. The molecule has 1 unspecified atom stereocenters. The van der Waals surface area contributed by atoms with Crippen molar-refractivity contribution in [2.24, 2.45) is 11.5 Å². The molecule has 1 amide bonds. The summed E-state index contributed by atoms with van der Waals surface area (Å²) in [6.45, 7) is 1.36. The van der Waals surface area contributed by atoms with Crippen LogP contribution in [-0.4, -0.2) is 25.4 Å². The first-order chi connectivity index (χ1) is 8.24. The van der Waals surface area contributed by atoms with Gasteiger partial charge in [0, 0.05) is 5.56 Å². The van der Waals surface area contributed by atoms with Gasteiger partial charge in [0.05, 0.1) is 10.9 Å². The second kappa shape index (κ2) is 5.42. The van der Waals surface area contributed by atoms with Crippen LogP contribution in [0.1, 0.15) is 12.5 Å². The molecule has 5 N–H and O–H groups in total. The molecule has 0 spiro atoms. The molecule has 6 nitrogen and oxygen atoms in total. The van der Waals surface area contributed by atoms with Gasteiger partial charge >= 0.3 is 0 Å². The average molecular weight is 287 g/mol. The lowest BCUT2D eigenvalue weighted by molar-refractivity contribution is -0.119. The van der Waals surface area contributed by atoms with Gasteiger partial charge in [-0.1, -0.05) is 24.4 Å². The Balaban J connectivity index is 3.09. The molecule has 1 atom stereocenters. The summed E-state index contributed by atoms with van der Waals surface area (Å²) >= 11 is 4.76. The number of nitrogens with one attached hydrogen (secondary N) is 1. The summed E-state index contributed by atoms with van der Waals surface area (Å²) in [5.41, 5.74) is 10.8. The second-order valence-electron chi connectivity index (χ2n) is 3.64. The standard InChI is InChI=1S/C10H13N3O3S2/c1-6(9(11)14)13-18(15,16)8-4-2-3-7(5-8)10(12)17/h2-6,13H,1H3,(H2,11,14)(H2,12,17). The minimum Gasteiger partial charge on any atom is -0.389 e. The molecule has 98 valence electrons. The predicted molar refractivity (Wildman–Crippen MR) is 71.3 cm³/mol. The maximum Gasteiger partial charge on any atom is 0.241 e. The van der Waals surface area contributed by atoms with E-state index in [-0.39, 0.29) is 9.88 Å². The van der Waals surface area contributed by atoms with Crippen molar-refractivity contribution in [2.75, 3.05) is 0 Å². The molecule has 0 radical (unpaired) electrons. The highest BCUT2D eigenvalue weighted by Gasteiger charge is 2.20. The Morgan fingerprint density at radius 3 is 2.50 bits per heavy atom. The van der Waals surface area contributed by atoms with Crippen LogP contribution >= 0.6 is 12.2 Å². The predicted octanol–water partition coefficient (Wildman–Crippen LogP) is -0.527. The van der Waals surface area contributed by atoms with Gasteiger partial charge in [-0.2, -0.15) is 4.72 Å². The summed E-state index contributed by atoms with van der Waals surface area (Å²) in [5, 5.41) is 0. The number of hydrogen-bond acceptors (Lipinski definition) is 4. The highest BCUT2D eigenvalue weighted by Crippen LogP contribution is 2.12. The fourth-order valence-electron chi connectivity index (χ4n) is 1.18. The number of benzene rings is 1. The lowest BCUT2D eigenvalue weighted by atomic mass is 10.2. The molecule has 1 aromatic rings. The number of sulfonamides is 1. The van der Waals surface area contributed by atoms with E-state index in [0.717, 1.165) is 0 Å². The van der Waals surface area contributed by atoms with Gasteiger partial charge in [0.2, 0.25) is 15.9 Å². The van der Waals surface area contributed by atoms with E-state index >= 15 is 0 Å². The van der Waals surface area contributed by atoms with Crippen LogP contribution in [0.25, 0.3) is 0 Å². The van der Waals surface area contributed by atoms with Crippen molar-refractivity contribution < 1.29 is 13.2 Å². The van der Waals surface area contributed by atoms with E-state index in [1.807, 2.05) is 0 Å². The van der Waals surface area contributed by atoms with Crippen LogP contribution in [0.5, 0.6) is 0 Å². The molecule has 0 aromatic heterocycles. The van der Waals surface area contributed by atoms with Crippen LogP contribution in [0.4, 0.5) is 0 Å². The number of carbonyl (C=O) groups excluding carboxylic acids is 1. The zero-order chi connectivity index (χ0) is 13.9. The maximum absolute atomic E-state index is 11.9. The molecule has 18 heavy (non-hydrogen) atoms. The van der Waals surface area contributed by atoms with Crippen LogP contribution in [0.15, 0.2) is 29.2 Å². The third-order valence-corrected chi connectivity index (χ3v) is 3.96. The fraction of sp³-hybridized carbons (Fsp3) is 0.200. The summed E-state index contributed by atoms with van der Waals surface area (Å²) in [5.74, 6) is -0.760. The molecule has 8 heteroatoms. The van der Waals surface area contributed by atoms with Crippen molar-refractivity contribution in [1.82, 2.24) is 4.72 Å². The smallest absolute Gasteiger partial charge is 0.241 e. The summed E-state index contributed by atoms with van der Waals surface area (Å²) < 4.78 is 26.0. The van der Waals surface area contributed by atoms with Crippen molar-refractivity contribution in [2.45, 2.75) is 17.9 Å². The number of primary amides is 1. The molecule has 0 saturated heterocycles. The molecule has 0 saturated carbocycles. The minimum atomic E-state index is -3.83. The van der Waals surface area contributed by atoms with Crippen LogP contribution in [-0.2, 0) is 14.8 Å². The second-order valence-corrected chi connectivity index (χ2v) is 5.79. The number of thiocarbonyl (C=S) groups is 1. The van der Waals surface area contributed by atoms with Crippen LogP contribution < -0.4 is 16.2 Å². The molecular weight excluding hydrogens is 274 g/mol. The van der Waals surface area contributed by atoms with Crippen molar-refractivity contribution in [1.29, 1.82) is 0 Å². The maximum atomic E-state index is 11.9. The van der Waals surface area contributed by atoms with Gasteiger partial charge in [-0.25, -0.2) is 8.42 Å². The first kappa shape index (κ1) is 14.6. The van der Waals surface area contributed by atoms with Crippen molar-refractivity contribution in [3.63, 3.8) is 0 Å². The van der Waals surface area contributed by atoms with Crippen LogP contribution in [0, 0.1) is 0 Å². The van der Waals surface area contributed by atoms with E-state index in [4.69, 9.17) is 23.7 Å². The first-order valence-corrected chi connectivity index (χ1v) is 6.84. The molecule has 0 aliphatic carbocycles. The molecule has 1 rings (SSSR count). The summed E-state index contributed by atoms with van der Waals surface area (Å²) in [7, 11) is -3.83. The largest absolute Gasteiger partial charge is 0.389 e. The highest BCUT2D eigenvalue weighted by atomic mass is 32.2. The Labute approximate surface area is 110 Å². The Kier molecular flexibility index (Phi) is 4.38. The van der Waals surface area contributed by atoms with Crippen molar-refractivity contribution >= 4 is 33.1 Å². The highest BCUT2D eigenvalue weighted by molar-refractivity contribution is 7.89. The van der Waals surface area contributed by atoms with E-state index < -0.39 is 22.0 Å². The average Bonchev–Trinajstić information content (AvgIpc) is 2.28. The lowest BCUT2D eigenvalue weighted by Gasteiger charge is -2.11. The topological polar surface area (TPSA) is 115 Å². The zero-order valence-electron chi connectivity index (χ0n) is 9.58. The Morgan fingerprint density at radius 2 is 2.00 bits per heavy atom. The number of nitrogens with two attached hydrogens (primary N) is 2. The van der Waals surface area contributed by atoms with Gasteiger partial charge in [-0.3, -0.25) is 4.79 Å². The molecule has 0 heterocycles. The molecule has 0 fully saturated rings. The van der Waals surface area contributed by atoms with Crippen LogP contribution in [0.3, 0.4) is 0 Å². The Hall–Kier alpha value is -1.51. The SMILES string of the molecule is CC(NS(=O)(=O)c1cccc(C(N)=S)c1)C(N)=O. The fourth-order valence-corrected chi connectivity index (χ4v) is 2.56. The first-order valence-electron chi connectivity index (χ1n) is 4.95. The van der Waals surface area contributed by atoms with Crippen LogP contribution in [0.2, 0.25) is 0 Å². The summed E-state index contributed by atoms with van der Waals surface area (Å²) in [4.78, 5) is 10.9. The van der Waals surface area contributed by atoms with Gasteiger partial charge in [0.15, 0.2) is 0 Å². The van der Waals surface area contributed by atoms with Gasteiger partial charge in [-0.15, -0.1) is 0 Å². The van der Waals surface area contributed by atoms with E-state index in [9.17, 15) is 13.2 Å². The van der Waals surface area contributed by atoms with Gasteiger partial charge < -0.3 is 11.5 Å². The lowest BCUT2D eigenvalue weighted by Crippen LogP contribution is -2.42. The number of hydrogen-bond donors (Lipinski definition) is 3. The number of amides is 1. The minimum absolute atomic E-state index is 0.0269. The van der Waals surface area contributed by atoms with Crippen molar-refractivity contribution in [3.8, 4) is 0 Å². The number of rotatable bonds is 5. The Bertz CT molecular complexity index is 584. The summed E-state index contributed by atoms with van der Waals surface area (Å²) in [6, 6.07) is 4.82. The normalized spacial score (nSPS) is 12.9. The van der Waals surface area contributed by atoms with Gasteiger partial charge in [0.25, 0.3) is 0 Å². The molecule has 0 aliphatic rings. The molecule has 0 bridgehead atoms. The van der Waals surface area contributed by atoms with Gasteiger partial charge in [-0.05, 0) is 19.1 Å². The monoisotopic (exact) mass is 287 g/mol. The molecule has 0 aliphatic heterocycles. The molecular formula is C10H13N3O3S2.